The minimum absolute atomic E-state index is 0.0445. The van der Waals surface area contributed by atoms with Gasteiger partial charge in [0.05, 0.1) is 13.2 Å². The second kappa shape index (κ2) is 7.62. The molecule has 0 heterocycles. The number of aliphatic hydroxyl groups is 1. The van der Waals surface area contributed by atoms with Gasteiger partial charge >= 0.3 is 0 Å². The fourth-order valence-corrected chi connectivity index (χ4v) is 4.05. The summed E-state index contributed by atoms with van der Waals surface area (Å²) in [5.74, 6) is 1.06. The highest BCUT2D eigenvalue weighted by Crippen LogP contribution is 2.35. The normalized spacial score (nSPS) is 29.8. The van der Waals surface area contributed by atoms with Gasteiger partial charge in [-0.3, -0.25) is 0 Å². The van der Waals surface area contributed by atoms with Crippen molar-refractivity contribution in [1.29, 1.82) is 0 Å². The lowest BCUT2D eigenvalue weighted by Crippen LogP contribution is -2.54. The predicted octanol–water partition coefficient (Wildman–Crippen LogP) is 2.04. The molecule has 0 aromatic rings. The number of nitrogens with one attached hydrogen (secondary N) is 1. The van der Waals surface area contributed by atoms with Crippen molar-refractivity contribution in [3.8, 4) is 0 Å². The molecule has 0 aromatic heterocycles. The van der Waals surface area contributed by atoms with Crippen LogP contribution in [0.15, 0.2) is 0 Å². The third kappa shape index (κ3) is 5.16. The summed E-state index contributed by atoms with van der Waals surface area (Å²) in [5, 5.41) is 13.9. The molecule has 2 N–H and O–H groups in total. The largest absolute Gasteiger partial charge is 0.394 e. The van der Waals surface area contributed by atoms with Crippen molar-refractivity contribution in [2.24, 2.45) is 0 Å². The van der Waals surface area contributed by atoms with Gasteiger partial charge in [0.2, 0.25) is 0 Å². The molecule has 2 unspecified atom stereocenters. The van der Waals surface area contributed by atoms with Crippen LogP contribution >= 0.6 is 11.8 Å². The summed E-state index contributed by atoms with van der Waals surface area (Å²) in [6.45, 7) is 5.38. The molecule has 1 aliphatic carbocycles. The van der Waals surface area contributed by atoms with E-state index in [2.05, 4.69) is 19.2 Å². The second-order valence-corrected chi connectivity index (χ2v) is 6.73. The Kier molecular flexibility index (Phi) is 6.85. The molecule has 2 atom stereocenters. The molecule has 0 spiro atoms. The van der Waals surface area contributed by atoms with Gasteiger partial charge in [0.25, 0.3) is 0 Å². The Bertz CT molecular complexity index is 214. The maximum Gasteiger partial charge on any atom is 0.0613 e. The highest BCUT2D eigenvalue weighted by molar-refractivity contribution is 7.99. The van der Waals surface area contributed by atoms with Crippen molar-refractivity contribution in [1.82, 2.24) is 5.32 Å². The lowest BCUT2D eigenvalue weighted by molar-refractivity contribution is 0.115. The molecule has 0 aromatic carbocycles. The van der Waals surface area contributed by atoms with Gasteiger partial charge in [-0.15, -0.1) is 0 Å². The molecule has 102 valence electrons. The van der Waals surface area contributed by atoms with Crippen molar-refractivity contribution >= 4 is 11.8 Å². The molecule has 17 heavy (non-hydrogen) atoms. The first-order valence-electron chi connectivity index (χ1n) is 6.61. The van der Waals surface area contributed by atoms with Crippen molar-refractivity contribution in [3.05, 3.63) is 0 Å². The molecule has 0 bridgehead atoms. The lowest BCUT2D eigenvalue weighted by Gasteiger charge is -2.41. The van der Waals surface area contributed by atoms with Crippen LogP contribution in [-0.2, 0) is 4.74 Å². The molecule has 0 aliphatic heterocycles. The molecule has 0 radical (unpaired) electrons. The summed E-state index contributed by atoms with van der Waals surface area (Å²) in [7, 11) is 1.75. The molecule has 1 fully saturated rings. The van der Waals surface area contributed by atoms with Crippen LogP contribution < -0.4 is 5.32 Å². The number of aliphatic hydroxyl groups excluding tert-OH is 1. The summed E-state index contributed by atoms with van der Waals surface area (Å²) >= 11 is 1.99. The SMILES string of the molecule is COCCSC1CCCC(CO)(NC(C)C)C1. The molecule has 3 nitrogen and oxygen atoms in total. The summed E-state index contributed by atoms with van der Waals surface area (Å²) < 4.78 is 5.09. The van der Waals surface area contributed by atoms with E-state index in [-0.39, 0.29) is 12.1 Å². The number of methoxy groups -OCH3 is 1. The Hall–Kier alpha value is 0.230. The van der Waals surface area contributed by atoms with Crippen LogP contribution in [0.2, 0.25) is 0 Å². The maximum absolute atomic E-state index is 9.68. The number of rotatable bonds is 7. The molecule has 4 heteroatoms. The van der Waals surface area contributed by atoms with Gasteiger partial charge in [0.15, 0.2) is 0 Å². The topological polar surface area (TPSA) is 41.5 Å². The molecule has 1 aliphatic rings. The fraction of sp³-hybridized carbons (Fsp3) is 1.00. The molecule has 0 saturated heterocycles. The summed E-state index contributed by atoms with van der Waals surface area (Å²) in [6.07, 6.45) is 4.67. The van der Waals surface area contributed by atoms with Crippen LogP contribution in [0.4, 0.5) is 0 Å². The highest BCUT2D eigenvalue weighted by atomic mass is 32.2. The highest BCUT2D eigenvalue weighted by Gasteiger charge is 2.36. The summed E-state index contributed by atoms with van der Waals surface area (Å²) in [5.41, 5.74) is -0.0445. The number of hydrogen-bond acceptors (Lipinski definition) is 4. The van der Waals surface area contributed by atoms with E-state index in [4.69, 9.17) is 4.74 Å². The van der Waals surface area contributed by atoms with Crippen LogP contribution in [0.1, 0.15) is 39.5 Å². The van der Waals surface area contributed by atoms with Gasteiger partial charge in [0.1, 0.15) is 0 Å². The van der Waals surface area contributed by atoms with E-state index in [1.54, 1.807) is 7.11 Å². The number of hydrogen-bond donors (Lipinski definition) is 2. The summed E-state index contributed by atoms with van der Waals surface area (Å²) in [6, 6.07) is 0.435. The van der Waals surface area contributed by atoms with Crippen LogP contribution in [0.5, 0.6) is 0 Å². The Balaban J connectivity index is 2.44. The predicted molar refractivity (Wildman–Crippen MR) is 74.7 cm³/mol. The third-order valence-corrected chi connectivity index (χ3v) is 4.61. The van der Waals surface area contributed by atoms with Crippen molar-refractivity contribution < 1.29 is 9.84 Å². The van der Waals surface area contributed by atoms with E-state index in [0.29, 0.717) is 11.3 Å². The standard InChI is InChI=1S/C13H27NO2S/c1-11(2)14-13(10-15)6-4-5-12(9-13)17-8-7-16-3/h11-12,14-15H,4-10H2,1-3H3. The van der Waals surface area contributed by atoms with Gasteiger partial charge in [-0.2, -0.15) is 11.8 Å². The van der Waals surface area contributed by atoms with Crippen LogP contribution in [0.25, 0.3) is 0 Å². The fourth-order valence-electron chi connectivity index (χ4n) is 2.68. The smallest absolute Gasteiger partial charge is 0.0613 e. The Labute approximate surface area is 110 Å². The zero-order valence-electron chi connectivity index (χ0n) is 11.4. The van der Waals surface area contributed by atoms with E-state index in [1.165, 1.54) is 12.8 Å². The van der Waals surface area contributed by atoms with Gasteiger partial charge in [-0.05, 0) is 19.3 Å². The average molecular weight is 261 g/mol. The first-order valence-corrected chi connectivity index (χ1v) is 7.66. The minimum Gasteiger partial charge on any atom is -0.394 e. The van der Waals surface area contributed by atoms with Crippen molar-refractivity contribution in [2.75, 3.05) is 26.1 Å². The van der Waals surface area contributed by atoms with E-state index >= 15 is 0 Å². The van der Waals surface area contributed by atoms with Crippen molar-refractivity contribution in [3.63, 3.8) is 0 Å². The minimum atomic E-state index is -0.0445. The molecule has 1 saturated carbocycles. The van der Waals surface area contributed by atoms with E-state index in [1.807, 2.05) is 11.8 Å². The monoisotopic (exact) mass is 261 g/mol. The van der Waals surface area contributed by atoms with Crippen LogP contribution in [0.3, 0.4) is 0 Å². The van der Waals surface area contributed by atoms with E-state index in [0.717, 1.165) is 25.2 Å². The first kappa shape index (κ1) is 15.3. The molecule has 1 rings (SSSR count). The second-order valence-electron chi connectivity index (χ2n) is 5.32. The van der Waals surface area contributed by atoms with Crippen LogP contribution in [-0.4, -0.2) is 48.0 Å². The molecule has 0 amide bonds. The van der Waals surface area contributed by atoms with Gasteiger partial charge in [0, 0.05) is 29.7 Å². The van der Waals surface area contributed by atoms with Gasteiger partial charge in [-0.1, -0.05) is 20.3 Å². The van der Waals surface area contributed by atoms with E-state index < -0.39 is 0 Å². The quantitative estimate of drug-likeness (QED) is 0.688. The number of thioether (sulfide) groups is 1. The Morgan fingerprint density at radius 1 is 1.53 bits per heavy atom. The first-order chi connectivity index (χ1) is 8.12. The third-order valence-electron chi connectivity index (χ3n) is 3.34. The average Bonchev–Trinajstić information content (AvgIpc) is 2.29. The zero-order valence-corrected chi connectivity index (χ0v) is 12.2. The zero-order chi connectivity index (χ0) is 12.7. The number of ether oxygens (including phenoxy) is 1. The van der Waals surface area contributed by atoms with Crippen LogP contribution in [0, 0.1) is 0 Å². The Morgan fingerprint density at radius 3 is 2.88 bits per heavy atom. The van der Waals surface area contributed by atoms with Gasteiger partial charge < -0.3 is 15.2 Å². The maximum atomic E-state index is 9.68. The molecular weight excluding hydrogens is 234 g/mol. The lowest BCUT2D eigenvalue weighted by atomic mass is 9.81. The van der Waals surface area contributed by atoms with Crippen molar-refractivity contribution in [2.45, 2.75) is 56.4 Å². The van der Waals surface area contributed by atoms with Gasteiger partial charge in [-0.25, -0.2) is 0 Å². The Morgan fingerprint density at radius 2 is 2.29 bits per heavy atom. The molecular formula is C13H27NO2S. The summed E-state index contributed by atoms with van der Waals surface area (Å²) in [4.78, 5) is 0. The van der Waals surface area contributed by atoms with E-state index in [9.17, 15) is 5.11 Å².